The number of nitrogens with zero attached hydrogens (tertiary/aromatic N) is 3. The molecule has 1 aliphatic heterocycles. The van der Waals surface area contributed by atoms with Gasteiger partial charge in [-0.05, 0) is 38.8 Å². The zero-order chi connectivity index (χ0) is 14.0. The minimum atomic E-state index is -3.65. The molecule has 102 valence electrons. The van der Waals surface area contributed by atoms with Crippen LogP contribution in [0.2, 0.25) is 0 Å². The van der Waals surface area contributed by atoms with Gasteiger partial charge in [0, 0.05) is 18.3 Å². The van der Waals surface area contributed by atoms with Crippen molar-refractivity contribution in [3.63, 3.8) is 0 Å². The van der Waals surface area contributed by atoms with Crippen LogP contribution in [0.4, 0.5) is 0 Å². The number of nitriles is 1. The number of rotatable bonds is 2. The van der Waals surface area contributed by atoms with E-state index >= 15 is 0 Å². The van der Waals surface area contributed by atoms with Crippen molar-refractivity contribution < 1.29 is 8.42 Å². The zero-order valence-electron chi connectivity index (χ0n) is 11.1. The van der Waals surface area contributed by atoms with E-state index in [9.17, 15) is 8.42 Å². The number of aromatic nitrogens is 1. The van der Waals surface area contributed by atoms with Gasteiger partial charge in [0.2, 0.25) is 10.0 Å². The van der Waals surface area contributed by atoms with Gasteiger partial charge in [-0.1, -0.05) is 6.42 Å². The summed E-state index contributed by atoms with van der Waals surface area (Å²) in [5, 5.41) is 9.02. The summed E-state index contributed by atoms with van der Waals surface area (Å²) in [6, 6.07) is 4.77. The molecular weight excluding hydrogens is 262 g/mol. The van der Waals surface area contributed by atoms with E-state index in [-0.39, 0.29) is 22.7 Å². The fraction of sp³-hybridized carbons (Fsp3) is 0.538. The summed E-state index contributed by atoms with van der Waals surface area (Å²) in [4.78, 5) is 3.85. The van der Waals surface area contributed by atoms with E-state index in [0.29, 0.717) is 0 Å². The minimum absolute atomic E-state index is 0.0121. The Labute approximate surface area is 113 Å². The molecule has 0 unspecified atom stereocenters. The molecule has 1 aliphatic rings. The monoisotopic (exact) mass is 279 g/mol. The Hall–Kier alpha value is -1.45. The van der Waals surface area contributed by atoms with Crippen LogP contribution in [0.15, 0.2) is 23.2 Å². The van der Waals surface area contributed by atoms with Crippen molar-refractivity contribution in [1.82, 2.24) is 9.29 Å². The lowest BCUT2D eigenvalue weighted by Gasteiger charge is -2.37. The summed E-state index contributed by atoms with van der Waals surface area (Å²) in [5.74, 6) is 0. The summed E-state index contributed by atoms with van der Waals surface area (Å²) < 4.78 is 27.0. The first kappa shape index (κ1) is 14.0. The van der Waals surface area contributed by atoms with Gasteiger partial charge in [0.25, 0.3) is 0 Å². The summed E-state index contributed by atoms with van der Waals surface area (Å²) in [6.45, 7) is 3.82. The molecule has 0 aliphatic carbocycles. The van der Waals surface area contributed by atoms with Gasteiger partial charge in [-0.25, -0.2) is 13.4 Å². The highest BCUT2D eigenvalue weighted by Gasteiger charge is 2.37. The summed E-state index contributed by atoms with van der Waals surface area (Å²) in [6.07, 6.45) is 4.17. The van der Waals surface area contributed by atoms with Crippen LogP contribution < -0.4 is 0 Å². The molecule has 1 aromatic rings. The van der Waals surface area contributed by atoms with Gasteiger partial charge >= 0.3 is 0 Å². The molecular formula is C13H17N3O2S. The molecule has 5 nitrogen and oxygen atoms in total. The number of pyridine rings is 1. The lowest BCUT2D eigenvalue weighted by atomic mass is 10.0. The van der Waals surface area contributed by atoms with E-state index in [4.69, 9.17) is 5.26 Å². The van der Waals surface area contributed by atoms with Crippen molar-refractivity contribution >= 4 is 10.0 Å². The van der Waals surface area contributed by atoms with Crippen LogP contribution >= 0.6 is 0 Å². The average molecular weight is 279 g/mol. The highest BCUT2D eigenvalue weighted by atomic mass is 32.2. The fourth-order valence-corrected chi connectivity index (χ4v) is 4.65. The Morgan fingerprint density at radius 3 is 2.58 bits per heavy atom. The second-order valence-corrected chi connectivity index (χ2v) is 6.74. The first-order valence-electron chi connectivity index (χ1n) is 6.37. The third kappa shape index (κ3) is 2.48. The van der Waals surface area contributed by atoms with Crippen LogP contribution in [0.5, 0.6) is 0 Å². The largest absolute Gasteiger partial charge is 0.246 e. The van der Waals surface area contributed by atoms with Crippen molar-refractivity contribution in [2.24, 2.45) is 0 Å². The predicted octanol–water partition coefficient (Wildman–Crippen LogP) is 1.90. The molecule has 0 aromatic carbocycles. The highest BCUT2D eigenvalue weighted by molar-refractivity contribution is 7.89. The van der Waals surface area contributed by atoms with E-state index in [1.807, 2.05) is 19.9 Å². The molecule has 2 rings (SSSR count). The van der Waals surface area contributed by atoms with Crippen LogP contribution in [-0.2, 0) is 10.0 Å². The molecule has 1 aromatic heterocycles. The van der Waals surface area contributed by atoms with E-state index in [1.165, 1.54) is 16.6 Å². The Kier molecular flexibility index (Phi) is 3.88. The molecule has 0 amide bonds. The Morgan fingerprint density at radius 1 is 1.37 bits per heavy atom. The lowest BCUT2D eigenvalue weighted by Crippen LogP contribution is -2.47. The van der Waals surface area contributed by atoms with E-state index in [2.05, 4.69) is 4.98 Å². The van der Waals surface area contributed by atoms with Crippen LogP contribution in [0.25, 0.3) is 0 Å². The molecule has 6 heteroatoms. The zero-order valence-corrected chi connectivity index (χ0v) is 11.9. The highest BCUT2D eigenvalue weighted by Crippen LogP contribution is 2.30. The van der Waals surface area contributed by atoms with E-state index < -0.39 is 10.0 Å². The second-order valence-electron chi connectivity index (χ2n) is 4.93. The van der Waals surface area contributed by atoms with Gasteiger partial charge in [0.05, 0.1) is 0 Å². The maximum Gasteiger partial charge on any atom is 0.246 e. The van der Waals surface area contributed by atoms with Crippen molar-refractivity contribution in [2.45, 2.75) is 50.1 Å². The van der Waals surface area contributed by atoms with Crippen molar-refractivity contribution in [3.05, 3.63) is 24.0 Å². The van der Waals surface area contributed by atoms with Crippen LogP contribution in [0, 0.1) is 11.3 Å². The van der Waals surface area contributed by atoms with Crippen molar-refractivity contribution in [1.29, 1.82) is 5.26 Å². The summed E-state index contributed by atoms with van der Waals surface area (Å²) >= 11 is 0. The average Bonchev–Trinajstić information content (AvgIpc) is 2.38. The topological polar surface area (TPSA) is 74.1 Å². The Balaban J connectivity index is 2.50. The molecule has 0 bridgehead atoms. The molecule has 0 N–H and O–H groups in total. The fourth-order valence-electron chi connectivity index (χ4n) is 2.67. The van der Waals surface area contributed by atoms with Gasteiger partial charge in [0.15, 0.2) is 5.69 Å². The number of hydrogen-bond donors (Lipinski definition) is 0. The molecule has 0 spiro atoms. The molecule has 1 fully saturated rings. The number of sulfonamides is 1. The first-order chi connectivity index (χ1) is 8.98. The van der Waals surface area contributed by atoms with E-state index in [0.717, 1.165) is 19.3 Å². The standard InChI is InChI=1S/C13H17N3O2S/c1-10-5-3-6-11(2)16(10)19(17,18)13-7-4-8-15-12(13)9-14/h4,7-8,10-11H,3,5-6H2,1-2H3/t10-,11+. The number of piperidine rings is 1. The maximum absolute atomic E-state index is 12.7. The summed E-state index contributed by atoms with van der Waals surface area (Å²) in [5.41, 5.74) is -0.0347. The molecule has 19 heavy (non-hydrogen) atoms. The minimum Gasteiger partial charge on any atom is -0.244 e. The molecule has 2 atom stereocenters. The van der Waals surface area contributed by atoms with Gasteiger partial charge in [0.1, 0.15) is 11.0 Å². The first-order valence-corrected chi connectivity index (χ1v) is 7.81. The second kappa shape index (κ2) is 5.27. The quantitative estimate of drug-likeness (QED) is 0.828. The van der Waals surface area contributed by atoms with Gasteiger partial charge in [-0.2, -0.15) is 9.57 Å². The van der Waals surface area contributed by atoms with Crippen molar-refractivity contribution in [2.75, 3.05) is 0 Å². The molecule has 2 heterocycles. The number of hydrogen-bond acceptors (Lipinski definition) is 4. The van der Waals surface area contributed by atoms with Crippen LogP contribution in [0.1, 0.15) is 38.8 Å². The normalized spacial score (nSPS) is 24.9. The summed E-state index contributed by atoms with van der Waals surface area (Å²) in [7, 11) is -3.65. The van der Waals surface area contributed by atoms with Crippen LogP contribution in [0.3, 0.4) is 0 Å². The Bertz CT molecular complexity index is 597. The predicted molar refractivity (Wildman–Crippen MR) is 70.8 cm³/mol. The van der Waals surface area contributed by atoms with Crippen LogP contribution in [-0.4, -0.2) is 29.8 Å². The van der Waals surface area contributed by atoms with Gasteiger partial charge < -0.3 is 0 Å². The third-order valence-electron chi connectivity index (χ3n) is 3.54. The van der Waals surface area contributed by atoms with Crippen molar-refractivity contribution in [3.8, 4) is 6.07 Å². The lowest BCUT2D eigenvalue weighted by molar-refractivity contribution is 0.204. The SMILES string of the molecule is C[C@@H]1CCC[C@H](C)N1S(=O)(=O)c1cccnc1C#N. The molecule has 1 saturated heterocycles. The molecule has 0 saturated carbocycles. The smallest absolute Gasteiger partial charge is 0.244 e. The van der Waals surface area contributed by atoms with Gasteiger partial charge in [-0.3, -0.25) is 0 Å². The third-order valence-corrected chi connectivity index (χ3v) is 5.70. The Morgan fingerprint density at radius 2 is 2.00 bits per heavy atom. The maximum atomic E-state index is 12.7. The van der Waals surface area contributed by atoms with Gasteiger partial charge in [-0.15, -0.1) is 0 Å². The molecule has 0 radical (unpaired) electrons. The van der Waals surface area contributed by atoms with E-state index in [1.54, 1.807) is 6.07 Å².